The Hall–Kier alpha value is -2.24. The largest absolute Gasteiger partial charge is 0.486 e. The van der Waals surface area contributed by atoms with E-state index >= 15 is 0 Å². The highest BCUT2D eigenvalue weighted by Crippen LogP contribution is 2.32. The number of likely N-dealkylation sites (tertiary alicyclic amines) is 1. The van der Waals surface area contributed by atoms with Gasteiger partial charge in [0.2, 0.25) is 11.8 Å². The van der Waals surface area contributed by atoms with E-state index in [1.54, 1.807) is 23.1 Å². The molecule has 0 aromatic heterocycles. The summed E-state index contributed by atoms with van der Waals surface area (Å²) in [6, 6.07) is 5.23. The van der Waals surface area contributed by atoms with Gasteiger partial charge in [0, 0.05) is 24.8 Å². The van der Waals surface area contributed by atoms with Crippen molar-refractivity contribution in [3.8, 4) is 11.5 Å². The van der Waals surface area contributed by atoms with Gasteiger partial charge in [-0.25, -0.2) is 0 Å². The first-order chi connectivity index (χ1) is 10.7. The lowest BCUT2D eigenvalue weighted by Crippen LogP contribution is -2.37. The number of nitrogens with one attached hydrogen (secondary N) is 1. The minimum Gasteiger partial charge on any atom is -0.486 e. The van der Waals surface area contributed by atoms with E-state index in [-0.39, 0.29) is 18.2 Å². The average Bonchev–Trinajstić information content (AvgIpc) is 2.55. The van der Waals surface area contributed by atoms with Crippen LogP contribution in [0.3, 0.4) is 0 Å². The predicted octanol–water partition coefficient (Wildman–Crippen LogP) is 1.80. The average molecular weight is 304 g/mol. The highest BCUT2D eigenvalue weighted by molar-refractivity contribution is 6.03. The zero-order chi connectivity index (χ0) is 15.4. The second kappa shape index (κ2) is 6.68. The third-order valence-electron chi connectivity index (χ3n) is 3.85. The summed E-state index contributed by atoms with van der Waals surface area (Å²) in [5.41, 5.74) is 0.612. The van der Waals surface area contributed by atoms with Gasteiger partial charge >= 0.3 is 0 Å². The number of carbonyl (C=O) groups excluding carboxylic acids is 2. The standard InChI is InChI=1S/C16H20N2O4/c19-15(11-16(20)18-6-2-1-3-7-18)17-12-4-5-13-14(10-12)22-9-8-21-13/h4-5,10H,1-3,6-9,11H2,(H,17,19). The lowest BCUT2D eigenvalue weighted by molar-refractivity contribution is -0.135. The first-order valence-electron chi connectivity index (χ1n) is 7.70. The summed E-state index contributed by atoms with van der Waals surface area (Å²) in [5.74, 6) is 0.891. The Kier molecular flexibility index (Phi) is 4.46. The number of hydrogen-bond donors (Lipinski definition) is 1. The highest BCUT2D eigenvalue weighted by atomic mass is 16.6. The van der Waals surface area contributed by atoms with Gasteiger partial charge in [-0.05, 0) is 31.4 Å². The lowest BCUT2D eigenvalue weighted by atomic mass is 10.1. The SMILES string of the molecule is O=C(CC(=O)N1CCCCC1)Nc1ccc2c(c1)OCCO2. The molecule has 2 aliphatic heterocycles. The Bertz CT molecular complexity index is 567. The molecule has 1 fully saturated rings. The molecule has 0 atom stereocenters. The van der Waals surface area contributed by atoms with Crippen LogP contribution in [0.5, 0.6) is 11.5 Å². The van der Waals surface area contributed by atoms with E-state index < -0.39 is 0 Å². The van der Waals surface area contributed by atoms with Gasteiger partial charge in [-0.15, -0.1) is 0 Å². The Morgan fingerprint density at radius 1 is 1.05 bits per heavy atom. The van der Waals surface area contributed by atoms with Crippen LogP contribution in [0.25, 0.3) is 0 Å². The smallest absolute Gasteiger partial charge is 0.233 e. The van der Waals surface area contributed by atoms with Crippen molar-refractivity contribution < 1.29 is 19.1 Å². The number of benzene rings is 1. The van der Waals surface area contributed by atoms with Crippen molar-refractivity contribution in [1.29, 1.82) is 0 Å². The van der Waals surface area contributed by atoms with E-state index in [0.717, 1.165) is 32.4 Å². The van der Waals surface area contributed by atoms with E-state index in [4.69, 9.17) is 9.47 Å². The zero-order valence-electron chi connectivity index (χ0n) is 12.5. The molecule has 1 saturated heterocycles. The molecule has 0 aliphatic carbocycles. The number of nitrogens with zero attached hydrogens (tertiary/aromatic N) is 1. The number of hydrogen-bond acceptors (Lipinski definition) is 4. The van der Waals surface area contributed by atoms with Crippen LogP contribution < -0.4 is 14.8 Å². The Balaban J connectivity index is 1.56. The molecule has 6 nitrogen and oxygen atoms in total. The lowest BCUT2D eigenvalue weighted by Gasteiger charge is -2.26. The van der Waals surface area contributed by atoms with Crippen molar-refractivity contribution >= 4 is 17.5 Å². The molecule has 0 bridgehead atoms. The van der Waals surface area contributed by atoms with Crippen molar-refractivity contribution in [2.75, 3.05) is 31.6 Å². The van der Waals surface area contributed by atoms with E-state index in [1.165, 1.54) is 0 Å². The molecule has 1 N–H and O–H groups in total. The van der Waals surface area contributed by atoms with Gasteiger partial charge in [0.05, 0.1) is 0 Å². The van der Waals surface area contributed by atoms with Crippen LogP contribution in [0.1, 0.15) is 25.7 Å². The number of anilines is 1. The van der Waals surface area contributed by atoms with E-state index in [1.807, 2.05) is 0 Å². The van der Waals surface area contributed by atoms with E-state index in [0.29, 0.717) is 30.4 Å². The minimum absolute atomic E-state index is 0.102. The van der Waals surface area contributed by atoms with Gasteiger partial charge in [0.25, 0.3) is 0 Å². The summed E-state index contributed by atoms with van der Waals surface area (Å²) in [7, 11) is 0. The molecular weight excluding hydrogens is 284 g/mol. The molecule has 0 spiro atoms. The highest BCUT2D eigenvalue weighted by Gasteiger charge is 2.20. The molecule has 0 saturated carbocycles. The van der Waals surface area contributed by atoms with Crippen molar-refractivity contribution in [3.05, 3.63) is 18.2 Å². The molecule has 3 rings (SSSR count). The van der Waals surface area contributed by atoms with E-state index in [2.05, 4.69) is 5.32 Å². The molecule has 0 unspecified atom stereocenters. The second-order valence-corrected chi connectivity index (χ2v) is 5.52. The van der Waals surface area contributed by atoms with Crippen LogP contribution in [-0.2, 0) is 9.59 Å². The third kappa shape index (κ3) is 3.50. The van der Waals surface area contributed by atoms with Crippen molar-refractivity contribution in [3.63, 3.8) is 0 Å². The Morgan fingerprint density at radius 3 is 2.55 bits per heavy atom. The van der Waals surface area contributed by atoms with Crippen LogP contribution in [0, 0.1) is 0 Å². The molecule has 1 aromatic carbocycles. The van der Waals surface area contributed by atoms with Crippen LogP contribution in [0.15, 0.2) is 18.2 Å². The molecule has 0 radical (unpaired) electrons. The topological polar surface area (TPSA) is 67.9 Å². The first kappa shape index (κ1) is 14.7. The van der Waals surface area contributed by atoms with Crippen molar-refractivity contribution in [2.45, 2.75) is 25.7 Å². The van der Waals surface area contributed by atoms with Crippen LogP contribution in [0.2, 0.25) is 0 Å². The zero-order valence-corrected chi connectivity index (χ0v) is 12.5. The summed E-state index contributed by atoms with van der Waals surface area (Å²) in [6.45, 7) is 2.55. The van der Waals surface area contributed by atoms with Crippen LogP contribution >= 0.6 is 0 Å². The summed E-state index contributed by atoms with van der Waals surface area (Å²) in [5, 5.41) is 2.74. The first-order valence-corrected chi connectivity index (χ1v) is 7.70. The fourth-order valence-electron chi connectivity index (χ4n) is 2.72. The molecule has 2 aliphatic rings. The molecule has 1 aromatic rings. The van der Waals surface area contributed by atoms with E-state index in [9.17, 15) is 9.59 Å². The number of amides is 2. The normalized spacial score (nSPS) is 17.0. The van der Waals surface area contributed by atoms with Gasteiger partial charge in [0.1, 0.15) is 19.6 Å². The molecule has 22 heavy (non-hydrogen) atoms. The quantitative estimate of drug-likeness (QED) is 0.865. The third-order valence-corrected chi connectivity index (χ3v) is 3.85. The van der Waals surface area contributed by atoms with Gasteiger partial charge in [-0.3, -0.25) is 9.59 Å². The molecule has 2 heterocycles. The Labute approximate surface area is 129 Å². The number of carbonyl (C=O) groups is 2. The fourth-order valence-corrected chi connectivity index (χ4v) is 2.72. The van der Waals surface area contributed by atoms with Gasteiger partial charge < -0.3 is 19.7 Å². The number of piperidine rings is 1. The summed E-state index contributed by atoms with van der Waals surface area (Å²) < 4.78 is 10.9. The fraction of sp³-hybridized carbons (Fsp3) is 0.500. The Morgan fingerprint density at radius 2 is 1.77 bits per heavy atom. The van der Waals surface area contributed by atoms with Crippen LogP contribution in [-0.4, -0.2) is 43.0 Å². The summed E-state index contributed by atoms with van der Waals surface area (Å²) in [4.78, 5) is 25.8. The van der Waals surface area contributed by atoms with Crippen LogP contribution in [0.4, 0.5) is 5.69 Å². The predicted molar refractivity (Wildman–Crippen MR) is 81.1 cm³/mol. The maximum Gasteiger partial charge on any atom is 0.233 e. The van der Waals surface area contributed by atoms with Gasteiger partial charge in [-0.2, -0.15) is 0 Å². The van der Waals surface area contributed by atoms with Gasteiger partial charge in [-0.1, -0.05) is 0 Å². The number of ether oxygens (including phenoxy) is 2. The second-order valence-electron chi connectivity index (χ2n) is 5.52. The van der Waals surface area contributed by atoms with Crippen molar-refractivity contribution in [2.24, 2.45) is 0 Å². The summed E-state index contributed by atoms with van der Waals surface area (Å²) >= 11 is 0. The molecule has 2 amide bonds. The summed E-state index contributed by atoms with van der Waals surface area (Å²) in [6.07, 6.45) is 3.09. The maximum atomic E-state index is 12.1. The van der Waals surface area contributed by atoms with Crippen molar-refractivity contribution in [1.82, 2.24) is 4.90 Å². The maximum absolute atomic E-state index is 12.1. The number of fused-ring (bicyclic) bond motifs is 1. The number of rotatable bonds is 3. The minimum atomic E-state index is -0.299. The molecular formula is C16H20N2O4. The molecule has 6 heteroatoms. The monoisotopic (exact) mass is 304 g/mol. The van der Waals surface area contributed by atoms with Gasteiger partial charge in [0.15, 0.2) is 11.5 Å². The molecule has 118 valence electrons.